The second-order valence-electron chi connectivity index (χ2n) is 7.54. The topological polar surface area (TPSA) is 95.2 Å². The number of ether oxygens (including phenoxy) is 2. The Hall–Kier alpha value is -3.03. The van der Waals surface area contributed by atoms with Crippen molar-refractivity contribution in [2.24, 2.45) is 16.9 Å². The first-order chi connectivity index (χ1) is 12.9. The summed E-state index contributed by atoms with van der Waals surface area (Å²) in [7, 11) is 0. The molecule has 0 radical (unpaired) electrons. The zero-order valence-corrected chi connectivity index (χ0v) is 15.0. The Morgan fingerprint density at radius 2 is 2.26 bits per heavy atom. The molecule has 0 saturated heterocycles. The number of carbonyl (C=O) groups excluding carboxylic acids is 1. The summed E-state index contributed by atoms with van der Waals surface area (Å²) in [6.07, 6.45) is 4.23. The van der Waals surface area contributed by atoms with Gasteiger partial charge in [-0.2, -0.15) is 5.26 Å². The zero-order chi connectivity index (χ0) is 19.3. The largest absolute Gasteiger partial charge is 0.485 e. The standard InChI is InChI=1S/C20H19N3O4/c1-4-7-23-19(25)13-9-12(13)18(22-23)26-16-14-8-11(10-21)5-6-15(14)27-20(2,3)17(16)24/h1,5-6,8,12-13,16-17,24H,7,9H2,2-3H3/t12-,13+,16+,17-/m0/s1. The first kappa shape index (κ1) is 17.4. The number of terminal acetylenes is 1. The van der Waals surface area contributed by atoms with Crippen molar-refractivity contribution in [3.8, 4) is 24.2 Å². The third kappa shape index (κ3) is 2.81. The molecule has 0 spiro atoms. The molecule has 27 heavy (non-hydrogen) atoms. The predicted octanol–water partition coefficient (Wildman–Crippen LogP) is 1.57. The van der Waals surface area contributed by atoms with Gasteiger partial charge in [0.1, 0.15) is 24.0 Å². The maximum atomic E-state index is 12.2. The highest BCUT2D eigenvalue weighted by Gasteiger charge is 2.54. The van der Waals surface area contributed by atoms with E-state index in [2.05, 4.69) is 17.1 Å². The molecule has 1 saturated carbocycles. The molecule has 4 rings (SSSR count). The number of nitrogens with zero attached hydrogens (tertiary/aromatic N) is 3. The first-order valence-electron chi connectivity index (χ1n) is 8.77. The van der Waals surface area contributed by atoms with Crippen molar-refractivity contribution in [3.05, 3.63) is 29.3 Å². The maximum Gasteiger partial charge on any atom is 0.247 e. The van der Waals surface area contributed by atoms with Gasteiger partial charge < -0.3 is 14.6 Å². The number of fused-ring (bicyclic) bond motifs is 2. The second kappa shape index (κ2) is 6.00. The smallest absolute Gasteiger partial charge is 0.247 e. The summed E-state index contributed by atoms with van der Waals surface area (Å²) >= 11 is 0. The van der Waals surface area contributed by atoms with Crippen LogP contribution in [0.25, 0.3) is 0 Å². The van der Waals surface area contributed by atoms with Gasteiger partial charge in [0.15, 0.2) is 6.10 Å². The molecule has 138 valence electrons. The van der Waals surface area contributed by atoms with Crippen LogP contribution in [0.15, 0.2) is 23.3 Å². The summed E-state index contributed by atoms with van der Waals surface area (Å²) in [6, 6.07) is 7.10. The Balaban J connectivity index is 1.71. The molecule has 4 atom stereocenters. The predicted molar refractivity (Wildman–Crippen MR) is 95.3 cm³/mol. The summed E-state index contributed by atoms with van der Waals surface area (Å²) < 4.78 is 12.0. The van der Waals surface area contributed by atoms with E-state index in [4.69, 9.17) is 15.9 Å². The molecule has 0 bridgehead atoms. The minimum Gasteiger partial charge on any atom is -0.485 e. The van der Waals surface area contributed by atoms with Crippen molar-refractivity contribution in [1.82, 2.24) is 5.01 Å². The minimum atomic E-state index is -0.988. The average molecular weight is 365 g/mol. The van der Waals surface area contributed by atoms with Crippen LogP contribution in [0.1, 0.15) is 37.5 Å². The highest BCUT2D eigenvalue weighted by Crippen LogP contribution is 2.48. The molecule has 1 aromatic rings. The molecular formula is C20H19N3O4. The van der Waals surface area contributed by atoms with Gasteiger partial charge in [0.2, 0.25) is 11.8 Å². The van der Waals surface area contributed by atoms with Gasteiger partial charge in [-0.05, 0) is 38.5 Å². The van der Waals surface area contributed by atoms with Crippen molar-refractivity contribution in [2.45, 2.75) is 38.1 Å². The highest BCUT2D eigenvalue weighted by molar-refractivity contribution is 5.96. The lowest BCUT2D eigenvalue weighted by Crippen LogP contribution is -2.50. The molecule has 2 aliphatic heterocycles. The third-order valence-electron chi connectivity index (χ3n) is 5.20. The molecule has 7 heteroatoms. The molecule has 1 fully saturated rings. The molecule has 2 heterocycles. The lowest BCUT2D eigenvalue weighted by Gasteiger charge is -2.42. The van der Waals surface area contributed by atoms with E-state index >= 15 is 0 Å². The van der Waals surface area contributed by atoms with E-state index in [1.165, 1.54) is 5.01 Å². The van der Waals surface area contributed by atoms with Crippen LogP contribution in [0.4, 0.5) is 0 Å². The SMILES string of the molecule is C#CCN1N=C(O[C@@H]2c3cc(C#N)ccc3OC(C)(C)[C@H]2O)[C@H]2C[C@H]2C1=O. The van der Waals surface area contributed by atoms with E-state index in [9.17, 15) is 15.2 Å². The van der Waals surface area contributed by atoms with Crippen LogP contribution >= 0.6 is 0 Å². The Bertz CT molecular complexity index is 924. The summed E-state index contributed by atoms with van der Waals surface area (Å²) in [4.78, 5) is 12.2. The van der Waals surface area contributed by atoms with Crippen molar-refractivity contribution in [2.75, 3.05) is 6.54 Å². The number of hydrazone groups is 1. The van der Waals surface area contributed by atoms with E-state index in [0.717, 1.165) is 0 Å². The Morgan fingerprint density at radius 1 is 1.48 bits per heavy atom. The number of aliphatic hydroxyl groups excluding tert-OH is 1. The summed E-state index contributed by atoms with van der Waals surface area (Å²) in [5, 5.41) is 25.6. The van der Waals surface area contributed by atoms with Crippen LogP contribution in [0, 0.1) is 35.5 Å². The number of nitriles is 1. The van der Waals surface area contributed by atoms with Gasteiger partial charge in [-0.3, -0.25) is 4.79 Å². The molecule has 3 aliphatic rings. The Morgan fingerprint density at radius 3 is 2.96 bits per heavy atom. The molecule has 0 unspecified atom stereocenters. The van der Waals surface area contributed by atoms with Crippen molar-refractivity contribution < 1.29 is 19.4 Å². The number of rotatable bonds is 2. The van der Waals surface area contributed by atoms with Crippen molar-refractivity contribution >= 4 is 11.8 Å². The minimum absolute atomic E-state index is 0.0753. The fraction of sp³-hybridized carbons (Fsp3) is 0.450. The first-order valence-corrected chi connectivity index (χ1v) is 8.77. The lowest BCUT2D eigenvalue weighted by molar-refractivity contribution is -0.134. The molecule has 1 aliphatic carbocycles. The lowest BCUT2D eigenvalue weighted by atomic mass is 9.87. The van der Waals surface area contributed by atoms with Gasteiger partial charge in [-0.25, -0.2) is 5.01 Å². The van der Waals surface area contributed by atoms with Crippen LogP contribution in [0.2, 0.25) is 0 Å². The van der Waals surface area contributed by atoms with E-state index in [-0.39, 0.29) is 24.3 Å². The maximum absolute atomic E-state index is 12.2. The summed E-state index contributed by atoms with van der Waals surface area (Å²) in [5.41, 5.74) is 0.135. The van der Waals surface area contributed by atoms with Gasteiger partial charge in [-0.1, -0.05) is 5.92 Å². The van der Waals surface area contributed by atoms with E-state index in [1.54, 1.807) is 32.0 Å². The molecule has 1 amide bonds. The van der Waals surface area contributed by atoms with Crippen LogP contribution in [-0.2, 0) is 9.53 Å². The van der Waals surface area contributed by atoms with E-state index < -0.39 is 17.8 Å². The Kier molecular flexibility index (Phi) is 3.87. The number of carbonyl (C=O) groups is 1. The summed E-state index contributed by atoms with van der Waals surface area (Å²) in [5.74, 6) is 3.02. The van der Waals surface area contributed by atoms with E-state index in [0.29, 0.717) is 29.2 Å². The number of hydrogen-bond donors (Lipinski definition) is 1. The van der Waals surface area contributed by atoms with E-state index in [1.807, 2.05) is 0 Å². The highest BCUT2D eigenvalue weighted by atomic mass is 16.5. The molecule has 0 aromatic heterocycles. The molecular weight excluding hydrogens is 346 g/mol. The number of aliphatic hydroxyl groups is 1. The molecule has 1 N–H and O–H groups in total. The molecule has 1 aromatic carbocycles. The van der Waals surface area contributed by atoms with Crippen molar-refractivity contribution in [3.63, 3.8) is 0 Å². The number of amides is 1. The third-order valence-corrected chi connectivity index (χ3v) is 5.20. The molecule has 7 nitrogen and oxygen atoms in total. The van der Waals surface area contributed by atoms with Gasteiger partial charge in [0.25, 0.3) is 0 Å². The number of hydrogen-bond acceptors (Lipinski definition) is 6. The van der Waals surface area contributed by atoms with Crippen LogP contribution in [0.3, 0.4) is 0 Å². The van der Waals surface area contributed by atoms with Gasteiger partial charge in [0.05, 0.1) is 17.6 Å². The monoisotopic (exact) mass is 365 g/mol. The average Bonchev–Trinajstić information content (AvgIpc) is 3.43. The fourth-order valence-electron chi connectivity index (χ4n) is 3.56. The van der Waals surface area contributed by atoms with Gasteiger partial charge in [-0.15, -0.1) is 11.5 Å². The van der Waals surface area contributed by atoms with Gasteiger partial charge in [0, 0.05) is 11.5 Å². The quantitative estimate of drug-likeness (QED) is 0.803. The van der Waals surface area contributed by atoms with Crippen LogP contribution in [-0.4, -0.2) is 40.2 Å². The van der Waals surface area contributed by atoms with Crippen LogP contribution < -0.4 is 4.74 Å². The van der Waals surface area contributed by atoms with Crippen LogP contribution in [0.5, 0.6) is 5.75 Å². The van der Waals surface area contributed by atoms with Crippen molar-refractivity contribution in [1.29, 1.82) is 5.26 Å². The number of benzene rings is 1. The van der Waals surface area contributed by atoms with Gasteiger partial charge >= 0.3 is 0 Å². The Labute approximate surface area is 157 Å². The second-order valence-corrected chi connectivity index (χ2v) is 7.54. The summed E-state index contributed by atoms with van der Waals surface area (Å²) in [6.45, 7) is 3.61. The normalized spacial score (nSPS) is 30.0. The fourth-order valence-corrected chi connectivity index (χ4v) is 3.56. The zero-order valence-electron chi connectivity index (χ0n) is 15.0.